The van der Waals surface area contributed by atoms with E-state index in [0.29, 0.717) is 22.9 Å². The van der Waals surface area contributed by atoms with E-state index in [2.05, 4.69) is 21.2 Å². The van der Waals surface area contributed by atoms with Crippen molar-refractivity contribution in [3.63, 3.8) is 0 Å². The van der Waals surface area contributed by atoms with Gasteiger partial charge in [-0.1, -0.05) is 12.1 Å². The van der Waals surface area contributed by atoms with Crippen LogP contribution in [0.15, 0.2) is 46.9 Å². The Labute approximate surface area is 149 Å². The van der Waals surface area contributed by atoms with Crippen molar-refractivity contribution in [2.45, 2.75) is 0 Å². The topological polar surface area (TPSA) is 56.8 Å². The predicted molar refractivity (Wildman–Crippen MR) is 97.9 cm³/mol. The first-order chi connectivity index (χ1) is 11.6. The maximum Gasteiger partial charge on any atom is 0.248 e. The molecule has 0 radical (unpaired) electrons. The molecule has 0 fully saturated rings. The van der Waals surface area contributed by atoms with Gasteiger partial charge in [-0.3, -0.25) is 4.79 Å². The van der Waals surface area contributed by atoms with Crippen LogP contribution in [0, 0.1) is 0 Å². The summed E-state index contributed by atoms with van der Waals surface area (Å²) in [6.07, 6.45) is 3.14. The highest BCUT2D eigenvalue weighted by Crippen LogP contribution is 2.36. The van der Waals surface area contributed by atoms with E-state index in [-0.39, 0.29) is 5.91 Å². The van der Waals surface area contributed by atoms with Gasteiger partial charge in [-0.15, -0.1) is 0 Å². The Kier molecular flexibility index (Phi) is 6.26. The van der Waals surface area contributed by atoms with E-state index >= 15 is 0 Å². The second-order valence-electron chi connectivity index (χ2n) is 4.76. The summed E-state index contributed by atoms with van der Waals surface area (Å²) in [5, 5.41) is 2.78. The second kappa shape index (κ2) is 8.40. The number of carbonyl (C=O) groups is 1. The maximum absolute atomic E-state index is 12.1. The van der Waals surface area contributed by atoms with E-state index in [1.54, 1.807) is 45.6 Å². The molecule has 24 heavy (non-hydrogen) atoms. The fraction of sp³-hybridized carbons (Fsp3) is 0.167. The van der Waals surface area contributed by atoms with Gasteiger partial charge in [-0.2, -0.15) is 0 Å². The zero-order chi connectivity index (χ0) is 17.5. The highest BCUT2D eigenvalue weighted by Gasteiger charge is 2.10. The fourth-order valence-corrected chi connectivity index (χ4v) is 2.75. The number of methoxy groups -OCH3 is 3. The third-order valence-electron chi connectivity index (χ3n) is 3.25. The predicted octanol–water partition coefficient (Wildman–Crippen LogP) is 4.13. The van der Waals surface area contributed by atoms with E-state index in [4.69, 9.17) is 14.2 Å². The molecule has 0 atom stereocenters. The molecule has 0 saturated carbocycles. The van der Waals surface area contributed by atoms with Crippen LogP contribution < -0.4 is 19.5 Å². The molecule has 0 spiro atoms. The summed E-state index contributed by atoms with van der Waals surface area (Å²) >= 11 is 3.42. The number of hydrogen-bond donors (Lipinski definition) is 1. The number of amides is 1. The van der Waals surface area contributed by atoms with Gasteiger partial charge >= 0.3 is 0 Å². The molecule has 0 heterocycles. The molecule has 0 saturated heterocycles. The van der Waals surface area contributed by atoms with Gasteiger partial charge in [0.15, 0.2) is 11.5 Å². The summed E-state index contributed by atoms with van der Waals surface area (Å²) < 4.78 is 16.5. The van der Waals surface area contributed by atoms with Crippen LogP contribution >= 0.6 is 15.9 Å². The van der Waals surface area contributed by atoms with Gasteiger partial charge in [0.1, 0.15) is 5.75 Å². The molecule has 0 unspecified atom stereocenters. The van der Waals surface area contributed by atoms with Crippen molar-refractivity contribution in [2.24, 2.45) is 0 Å². The SMILES string of the molecule is COc1ccccc1NC(=O)/C=C/c1cc(Br)c(OC)c(OC)c1. The van der Waals surface area contributed by atoms with Gasteiger partial charge < -0.3 is 19.5 Å². The number of benzene rings is 2. The smallest absolute Gasteiger partial charge is 0.248 e. The summed E-state index contributed by atoms with van der Waals surface area (Å²) in [6, 6.07) is 10.9. The van der Waals surface area contributed by atoms with Gasteiger partial charge in [0.2, 0.25) is 5.91 Å². The normalized spacial score (nSPS) is 10.5. The van der Waals surface area contributed by atoms with Gasteiger partial charge in [-0.05, 0) is 51.8 Å². The van der Waals surface area contributed by atoms with Gasteiger partial charge in [0.25, 0.3) is 0 Å². The first-order valence-electron chi connectivity index (χ1n) is 7.12. The summed E-state index contributed by atoms with van der Waals surface area (Å²) in [4.78, 5) is 12.1. The Morgan fingerprint density at radius 3 is 2.42 bits per heavy atom. The molecule has 6 heteroatoms. The molecular weight excluding hydrogens is 374 g/mol. The number of halogens is 1. The summed E-state index contributed by atoms with van der Waals surface area (Å²) in [7, 11) is 4.69. The van der Waals surface area contributed by atoms with Crippen molar-refractivity contribution < 1.29 is 19.0 Å². The number of carbonyl (C=O) groups excluding carboxylic acids is 1. The molecule has 2 aromatic rings. The molecule has 1 amide bonds. The Balaban J connectivity index is 2.15. The van der Waals surface area contributed by atoms with Crippen molar-refractivity contribution in [1.82, 2.24) is 0 Å². The minimum atomic E-state index is -0.259. The summed E-state index contributed by atoms with van der Waals surface area (Å²) in [5.41, 5.74) is 1.41. The van der Waals surface area contributed by atoms with Gasteiger partial charge in [-0.25, -0.2) is 0 Å². The van der Waals surface area contributed by atoms with Crippen molar-refractivity contribution in [3.05, 3.63) is 52.5 Å². The van der Waals surface area contributed by atoms with E-state index in [1.807, 2.05) is 18.2 Å². The van der Waals surface area contributed by atoms with Crippen LogP contribution in [-0.2, 0) is 4.79 Å². The summed E-state index contributed by atoms with van der Waals surface area (Å²) in [6.45, 7) is 0. The molecule has 0 bridgehead atoms. The molecule has 1 N–H and O–H groups in total. The van der Waals surface area contributed by atoms with Crippen molar-refractivity contribution >= 4 is 33.6 Å². The van der Waals surface area contributed by atoms with Crippen LogP contribution in [-0.4, -0.2) is 27.2 Å². The zero-order valence-electron chi connectivity index (χ0n) is 13.6. The molecule has 0 aromatic heterocycles. The number of hydrogen-bond acceptors (Lipinski definition) is 4. The monoisotopic (exact) mass is 391 g/mol. The van der Waals surface area contributed by atoms with Crippen molar-refractivity contribution in [2.75, 3.05) is 26.6 Å². The molecule has 2 rings (SSSR count). The Bertz CT molecular complexity index is 759. The zero-order valence-corrected chi connectivity index (χ0v) is 15.2. The van der Waals surface area contributed by atoms with Crippen LogP contribution in [0.1, 0.15) is 5.56 Å². The summed E-state index contributed by atoms with van der Waals surface area (Å²) in [5.74, 6) is 1.53. The lowest BCUT2D eigenvalue weighted by Crippen LogP contribution is -2.08. The average Bonchev–Trinajstić information content (AvgIpc) is 2.59. The number of para-hydroxylation sites is 2. The quantitative estimate of drug-likeness (QED) is 0.752. The largest absolute Gasteiger partial charge is 0.495 e. The van der Waals surface area contributed by atoms with Crippen LogP contribution in [0.2, 0.25) is 0 Å². The molecule has 0 aliphatic heterocycles. The number of anilines is 1. The van der Waals surface area contributed by atoms with Crippen LogP contribution in [0.25, 0.3) is 6.08 Å². The molecule has 2 aromatic carbocycles. The lowest BCUT2D eigenvalue weighted by Gasteiger charge is -2.10. The number of ether oxygens (including phenoxy) is 3. The lowest BCUT2D eigenvalue weighted by atomic mass is 10.2. The molecule has 0 aliphatic rings. The third kappa shape index (κ3) is 4.29. The highest BCUT2D eigenvalue weighted by molar-refractivity contribution is 9.10. The van der Waals surface area contributed by atoms with Crippen LogP contribution in [0.4, 0.5) is 5.69 Å². The van der Waals surface area contributed by atoms with Crippen LogP contribution in [0.5, 0.6) is 17.2 Å². The standard InChI is InChI=1S/C18H18BrNO4/c1-22-15-7-5-4-6-14(15)20-17(21)9-8-12-10-13(19)18(24-3)16(11-12)23-2/h4-11H,1-3H3,(H,20,21)/b9-8+. The Morgan fingerprint density at radius 1 is 1.04 bits per heavy atom. The van der Waals surface area contributed by atoms with Crippen LogP contribution in [0.3, 0.4) is 0 Å². The molecule has 5 nitrogen and oxygen atoms in total. The minimum Gasteiger partial charge on any atom is -0.495 e. The molecule has 126 valence electrons. The van der Waals surface area contributed by atoms with E-state index in [1.165, 1.54) is 6.08 Å². The van der Waals surface area contributed by atoms with Gasteiger partial charge in [0, 0.05) is 6.08 Å². The lowest BCUT2D eigenvalue weighted by molar-refractivity contribution is -0.111. The van der Waals surface area contributed by atoms with Crippen molar-refractivity contribution in [1.29, 1.82) is 0 Å². The molecular formula is C18H18BrNO4. The number of rotatable bonds is 6. The van der Waals surface area contributed by atoms with Gasteiger partial charge in [0.05, 0.1) is 31.5 Å². The fourth-order valence-electron chi connectivity index (χ4n) is 2.13. The number of nitrogens with one attached hydrogen (secondary N) is 1. The highest BCUT2D eigenvalue weighted by atomic mass is 79.9. The Hall–Kier alpha value is -2.47. The first-order valence-corrected chi connectivity index (χ1v) is 7.92. The van der Waals surface area contributed by atoms with E-state index in [9.17, 15) is 4.79 Å². The second-order valence-corrected chi connectivity index (χ2v) is 5.62. The average molecular weight is 392 g/mol. The van der Waals surface area contributed by atoms with E-state index < -0.39 is 0 Å². The first kappa shape index (κ1) is 17.9. The van der Waals surface area contributed by atoms with E-state index in [0.717, 1.165) is 10.0 Å². The molecule has 0 aliphatic carbocycles. The maximum atomic E-state index is 12.1. The minimum absolute atomic E-state index is 0.259. The third-order valence-corrected chi connectivity index (χ3v) is 3.84. The Morgan fingerprint density at radius 2 is 1.75 bits per heavy atom. The van der Waals surface area contributed by atoms with Crippen molar-refractivity contribution in [3.8, 4) is 17.2 Å².